The van der Waals surface area contributed by atoms with Gasteiger partial charge in [0.05, 0.1) is 6.61 Å². The molecule has 0 saturated heterocycles. The molecule has 0 amide bonds. The number of benzene rings is 1. The third-order valence-corrected chi connectivity index (χ3v) is 3.32. The Morgan fingerprint density at radius 1 is 1.07 bits per heavy atom. The van der Waals surface area contributed by atoms with E-state index in [-0.39, 0.29) is 6.61 Å². The van der Waals surface area contributed by atoms with Crippen LogP contribution in [0.15, 0.2) is 24.3 Å². The summed E-state index contributed by atoms with van der Waals surface area (Å²) >= 11 is 0. The van der Waals surface area contributed by atoms with E-state index in [1.807, 2.05) is 0 Å². The van der Waals surface area contributed by atoms with Gasteiger partial charge >= 0.3 is 0 Å². The standard InChI is InChI=1S/C14H22O/c1-4-12(5-2)14(10-15)13-8-6-11(3)7-9-13/h6-9,12,14-15H,4-5,10H2,1-3H3. The maximum Gasteiger partial charge on any atom is 0.0502 e. The molecule has 1 aromatic rings. The zero-order chi connectivity index (χ0) is 11.3. The first-order valence-electron chi connectivity index (χ1n) is 5.90. The van der Waals surface area contributed by atoms with Crippen LogP contribution in [0.3, 0.4) is 0 Å². The van der Waals surface area contributed by atoms with E-state index in [9.17, 15) is 5.11 Å². The molecule has 0 bridgehead atoms. The molecule has 15 heavy (non-hydrogen) atoms. The second kappa shape index (κ2) is 5.92. The van der Waals surface area contributed by atoms with Crippen LogP contribution in [0.2, 0.25) is 0 Å². The summed E-state index contributed by atoms with van der Waals surface area (Å²) in [6.45, 7) is 6.75. The van der Waals surface area contributed by atoms with Crippen LogP contribution < -0.4 is 0 Å². The van der Waals surface area contributed by atoms with Gasteiger partial charge in [-0.1, -0.05) is 56.5 Å². The fraction of sp³-hybridized carbons (Fsp3) is 0.571. The van der Waals surface area contributed by atoms with Crippen molar-refractivity contribution in [2.24, 2.45) is 5.92 Å². The van der Waals surface area contributed by atoms with Crippen LogP contribution in [0.4, 0.5) is 0 Å². The molecule has 0 heterocycles. The largest absolute Gasteiger partial charge is 0.396 e. The van der Waals surface area contributed by atoms with Gasteiger partial charge in [0, 0.05) is 5.92 Å². The molecule has 84 valence electrons. The number of aliphatic hydroxyl groups excluding tert-OH is 1. The lowest BCUT2D eigenvalue weighted by molar-refractivity contribution is 0.218. The van der Waals surface area contributed by atoms with Gasteiger partial charge in [-0.25, -0.2) is 0 Å². The predicted molar refractivity (Wildman–Crippen MR) is 65.1 cm³/mol. The first-order valence-corrected chi connectivity index (χ1v) is 5.90. The molecule has 1 rings (SSSR count). The van der Waals surface area contributed by atoms with Crippen molar-refractivity contribution in [2.45, 2.75) is 39.5 Å². The number of rotatable bonds is 5. The molecule has 0 radical (unpaired) electrons. The highest BCUT2D eigenvalue weighted by molar-refractivity contribution is 5.25. The maximum atomic E-state index is 9.48. The molecule has 1 nitrogen and oxygen atoms in total. The lowest BCUT2D eigenvalue weighted by Gasteiger charge is -2.23. The number of hydrogen-bond acceptors (Lipinski definition) is 1. The van der Waals surface area contributed by atoms with Crippen molar-refractivity contribution < 1.29 is 5.11 Å². The summed E-state index contributed by atoms with van der Waals surface area (Å²) < 4.78 is 0. The fourth-order valence-electron chi connectivity index (χ4n) is 2.20. The van der Waals surface area contributed by atoms with Gasteiger partial charge in [-0.15, -0.1) is 0 Å². The van der Waals surface area contributed by atoms with Gasteiger partial charge in [0.2, 0.25) is 0 Å². The third kappa shape index (κ3) is 3.07. The third-order valence-electron chi connectivity index (χ3n) is 3.32. The van der Waals surface area contributed by atoms with E-state index < -0.39 is 0 Å². The van der Waals surface area contributed by atoms with Gasteiger partial charge in [0.15, 0.2) is 0 Å². The molecule has 1 atom stereocenters. The second-order valence-corrected chi connectivity index (χ2v) is 4.28. The first-order chi connectivity index (χ1) is 7.22. The van der Waals surface area contributed by atoms with Crippen LogP contribution in [0.1, 0.15) is 43.7 Å². The normalized spacial score (nSPS) is 13.1. The van der Waals surface area contributed by atoms with E-state index in [0.717, 1.165) is 12.8 Å². The molecular formula is C14H22O. The molecule has 1 aromatic carbocycles. The molecule has 0 aliphatic rings. The Balaban J connectivity index is 2.86. The van der Waals surface area contributed by atoms with Gasteiger partial charge in [0.1, 0.15) is 0 Å². The molecule has 1 N–H and O–H groups in total. The van der Waals surface area contributed by atoms with E-state index in [4.69, 9.17) is 0 Å². The van der Waals surface area contributed by atoms with Gasteiger partial charge in [-0.3, -0.25) is 0 Å². The summed E-state index contributed by atoms with van der Waals surface area (Å²) in [6.07, 6.45) is 2.27. The Morgan fingerprint density at radius 2 is 1.60 bits per heavy atom. The molecular weight excluding hydrogens is 184 g/mol. The van der Waals surface area contributed by atoms with Crippen molar-refractivity contribution in [3.05, 3.63) is 35.4 Å². The number of aliphatic hydroxyl groups is 1. The second-order valence-electron chi connectivity index (χ2n) is 4.28. The molecule has 0 fully saturated rings. The Labute approximate surface area is 93.1 Å². The molecule has 0 aliphatic carbocycles. The topological polar surface area (TPSA) is 20.2 Å². The van der Waals surface area contributed by atoms with Crippen molar-refractivity contribution in [3.8, 4) is 0 Å². The lowest BCUT2D eigenvalue weighted by Crippen LogP contribution is -2.15. The zero-order valence-corrected chi connectivity index (χ0v) is 10.0. The van der Waals surface area contributed by atoms with Crippen LogP contribution in [0.5, 0.6) is 0 Å². The Kier molecular flexibility index (Phi) is 4.83. The molecule has 0 aliphatic heterocycles. The van der Waals surface area contributed by atoms with E-state index in [0.29, 0.717) is 11.8 Å². The summed E-state index contributed by atoms with van der Waals surface area (Å²) in [5.41, 5.74) is 2.55. The van der Waals surface area contributed by atoms with E-state index in [1.165, 1.54) is 11.1 Å². The Bertz CT molecular complexity index is 272. The highest BCUT2D eigenvalue weighted by Gasteiger charge is 2.19. The number of hydrogen-bond donors (Lipinski definition) is 1. The van der Waals surface area contributed by atoms with Crippen LogP contribution in [-0.2, 0) is 0 Å². The Hall–Kier alpha value is -0.820. The average Bonchev–Trinajstić information content (AvgIpc) is 2.27. The van der Waals surface area contributed by atoms with E-state index in [2.05, 4.69) is 45.0 Å². The van der Waals surface area contributed by atoms with Crippen molar-refractivity contribution >= 4 is 0 Å². The minimum atomic E-state index is 0.259. The number of aryl methyl sites for hydroxylation is 1. The Morgan fingerprint density at radius 3 is 2.00 bits per heavy atom. The van der Waals surface area contributed by atoms with E-state index >= 15 is 0 Å². The zero-order valence-electron chi connectivity index (χ0n) is 10.0. The van der Waals surface area contributed by atoms with Crippen molar-refractivity contribution in [1.29, 1.82) is 0 Å². The summed E-state index contributed by atoms with van der Waals surface area (Å²) in [5, 5.41) is 9.48. The maximum absolute atomic E-state index is 9.48. The summed E-state index contributed by atoms with van der Waals surface area (Å²) in [7, 11) is 0. The molecule has 0 spiro atoms. The first kappa shape index (κ1) is 12.3. The van der Waals surface area contributed by atoms with Gasteiger partial charge in [-0.05, 0) is 18.4 Å². The smallest absolute Gasteiger partial charge is 0.0502 e. The molecule has 0 aromatic heterocycles. The van der Waals surface area contributed by atoms with Crippen LogP contribution in [-0.4, -0.2) is 11.7 Å². The van der Waals surface area contributed by atoms with Crippen LogP contribution >= 0.6 is 0 Å². The van der Waals surface area contributed by atoms with Gasteiger partial charge in [-0.2, -0.15) is 0 Å². The summed E-state index contributed by atoms with van der Waals surface area (Å²) in [5.74, 6) is 0.901. The summed E-state index contributed by atoms with van der Waals surface area (Å²) in [6, 6.07) is 8.55. The molecule has 0 saturated carbocycles. The SMILES string of the molecule is CCC(CC)C(CO)c1ccc(C)cc1. The van der Waals surface area contributed by atoms with Gasteiger partial charge < -0.3 is 5.11 Å². The quantitative estimate of drug-likeness (QED) is 0.781. The minimum absolute atomic E-state index is 0.259. The monoisotopic (exact) mass is 206 g/mol. The van der Waals surface area contributed by atoms with Crippen LogP contribution in [0.25, 0.3) is 0 Å². The van der Waals surface area contributed by atoms with Crippen LogP contribution in [0, 0.1) is 12.8 Å². The fourth-order valence-corrected chi connectivity index (χ4v) is 2.20. The highest BCUT2D eigenvalue weighted by atomic mass is 16.3. The molecule has 1 unspecified atom stereocenters. The van der Waals surface area contributed by atoms with Crippen molar-refractivity contribution in [2.75, 3.05) is 6.61 Å². The van der Waals surface area contributed by atoms with E-state index in [1.54, 1.807) is 0 Å². The summed E-state index contributed by atoms with van der Waals surface area (Å²) in [4.78, 5) is 0. The van der Waals surface area contributed by atoms with Crippen molar-refractivity contribution in [3.63, 3.8) is 0 Å². The van der Waals surface area contributed by atoms with Crippen molar-refractivity contribution in [1.82, 2.24) is 0 Å². The molecule has 1 heteroatoms. The highest BCUT2D eigenvalue weighted by Crippen LogP contribution is 2.29. The lowest BCUT2D eigenvalue weighted by atomic mass is 9.83. The minimum Gasteiger partial charge on any atom is -0.396 e. The van der Waals surface area contributed by atoms with Gasteiger partial charge in [0.25, 0.3) is 0 Å². The average molecular weight is 206 g/mol. The predicted octanol–water partition coefficient (Wildman–Crippen LogP) is 3.51.